The summed E-state index contributed by atoms with van der Waals surface area (Å²) < 4.78 is 15.9. The molecule has 1 amide bonds. The van der Waals surface area contributed by atoms with Crippen LogP contribution in [0.25, 0.3) is 0 Å². The number of rotatable bonds is 5. The normalized spacial score (nSPS) is 12.0. The summed E-state index contributed by atoms with van der Waals surface area (Å²) in [6.45, 7) is 0.445. The summed E-state index contributed by atoms with van der Waals surface area (Å²) >= 11 is 0. The van der Waals surface area contributed by atoms with Crippen LogP contribution in [-0.2, 0) is 0 Å². The number of ether oxygens (including phenoxy) is 3. The van der Waals surface area contributed by atoms with Crippen LogP contribution in [0.1, 0.15) is 10.4 Å². The molecule has 0 aromatic heterocycles. The molecule has 9 nitrogen and oxygen atoms in total. The van der Waals surface area contributed by atoms with E-state index in [2.05, 4.69) is 5.32 Å². The average Bonchev–Trinajstić information content (AvgIpc) is 2.65. The molecule has 2 aromatic rings. The van der Waals surface area contributed by atoms with Crippen molar-refractivity contribution in [2.75, 3.05) is 25.1 Å². The van der Waals surface area contributed by atoms with Gasteiger partial charge in [0, 0.05) is 17.8 Å². The fourth-order valence-electron chi connectivity index (χ4n) is 2.39. The molecule has 0 fully saturated rings. The van der Waals surface area contributed by atoms with Crippen LogP contribution in [0.15, 0.2) is 36.4 Å². The molecule has 1 aliphatic heterocycles. The molecule has 0 aliphatic carbocycles. The lowest BCUT2D eigenvalue weighted by atomic mass is 10.1. The van der Waals surface area contributed by atoms with Crippen molar-refractivity contribution in [1.82, 2.24) is 0 Å². The van der Waals surface area contributed by atoms with Crippen LogP contribution in [0, 0.1) is 21.4 Å². The first kappa shape index (κ1) is 17.0. The van der Waals surface area contributed by atoms with Crippen molar-refractivity contribution >= 4 is 17.3 Å². The van der Waals surface area contributed by atoms with E-state index in [1.165, 1.54) is 18.2 Å². The molecule has 0 saturated carbocycles. The van der Waals surface area contributed by atoms with E-state index in [0.717, 1.165) is 0 Å². The van der Waals surface area contributed by atoms with Gasteiger partial charge in [0.15, 0.2) is 18.1 Å². The molecule has 1 N–H and O–H groups in total. The van der Waals surface area contributed by atoms with Gasteiger partial charge >= 0.3 is 0 Å². The Bertz CT molecular complexity index is 906. The van der Waals surface area contributed by atoms with Crippen molar-refractivity contribution in [1.29, 1.82) is 5.26 Å². The number of hydrogen-bond acceptors (Lipinski definition) is 7. The Hall–Kier alpha value is -3.80. The van der Waals surface area contributed by atoms with Crippen LogP contribution < -0.4 is 19.5 Å². The number of nitrogens with zero attached hydrogens (tertiary/aromatic N) is 2. The van der Waals surface area contributed by atoms with E-state index in [9.17, 15) is 14.9 Å². The maximum absolute atomic E-state index is 12.5. The van der Waals surface area contributed by atoms with E-state index in [0.29, 0.717) is 18.0 Å². The molecule has 0 atom stereocenters. The number of nitrogens with one attached hydrogen (secondary N) is 1. The Morgan fingerprint density at radius 3 is 2.69 bits per heavy atom. The number of carbonyl (C=O) groups excluding carboxylic acids is 1. The Kier molecular flexibility index (Phi) is 4.85. The SMILES string of the molecule is N#CCOc1cccc(NC(=O)c2cc3c(cc2[N+](=O)[O-])OCCO3)c1. The summed E-state index contributed by atoms with van der Waals surface area (Å²) in [5, 5.41) is 22.4. The van der Waals surface area contributed by atoms with Gasteiger partial charge in [-0.2, -0.15) is 5.26 Å². The Labute approximate surface area is 147 Å². The number of benzene rings is 2. The van der Waals surface area contributed by atoms with Gasteiger partial charge in [-0.05, 0) is 12.1 Å². The van der Waals surface area contributed by atoms with Gasteiger partial charge in [-0.3, -0.25) is 14.9 Å². The Balaban J connectivity index is 1.88. The smallest absolute Gasteiger partial charge is 0.286 e. The van der Waals surface area contributed by atoms with Crippen molar-refractivity contribution < 1.29 is 23.9 Å². The first-order valence-corrected chi connectivity index (χ1v) is 7.57. The van der Waals surface area contributed by atoms with Crippen LogP contribution in [0.3, 0.4) is 0 Å². The lowest BCUT2D eigenvalue weighted by Crippen LogP contribution is -2.18. The number of hydrogen-bond donors (Lipinski definition) is 1. The Morgan fingerprint density at radius 1 is 1.27 bits per heavy atom. The zero-order valence-electron chi connectivity index (χ0n) is 13.4. The molecular formula is C17H13N3O6. The fraction of sp³-hybridized carbons (Fsp3) is 0.176. The molecule has 3 rings (SSSR count). The number of fused-ring (bicyclic) bond motifs is 1. The number of anilines is 1. The van der Waals surface area contributed by atoms with Gasteiger partial charge in [-0.1, -0.05) is 6.07 Å². The van der Waals surface area contributed by atoms with Gasteiger partial charge in [0.05, 0.1) is 11.0 Å². The first-order valence-electron chi connectivity index (χ1n) is 7.57. The van der Waals surface area contributed by atoms with Crippen molar-refractivity contribution in [3.05, 3.63) is 52.1 Å². The minimum absolute atomic E-state index is 0.134. The lowest BCUT2D eigenvalue weighted by molar-refractivity contribution is -0.385. The second-order valence-corrected chi connectivity index (χ2v) is 5.20. The molecule has 9 heteroatoms. The third-order valence-corrected chi connectivity index (χ3v) is 3.50. The van der Waals surface area contributed by atoms with Crippen molar-refractivity contribution in [3.63, 3.8) is 0 Å². The summed E-state index contributed by atoms with van der Waals surface area (Å²) in [5.41, 5.74) is -0.166. The molecule has 1 aliphatic rings. The van der Waals surface area contributed by atoms with Crippen LogP contribution >= 0.6 is 0 Å². The topological polar surface area (TPSA) is 124 Å². The van der Waals surface area contributed by atoms with Gasteiger partial charge < -0.3 is 19.5 Å². The molecule has 2 aromatic carbocycles. The number of nitro benzene ring substituents is 1. The molecular weight excluding hydrogens is 342 g/mol. The molecule has 0 spiro atoms. The molecule has 0 bridgehead atoms. The van der Waals surface area contributed by atoms with Crippen LogP contribution in [-0.4, -0.2) is 30.7 Å². The maximum atomic E-state index is 12.5. The van der Waals surface area contributed by atoms with E-state index in [-0.39, 0.29) is 36.0 Å². The predicted octanol–water partition coefficient (Wildman–Crippen LogP) is 2.52. The second-order valence-electron chi connectivity index (χ2n) is 5.20. The lowest BCUT2D eigenvalue weighted by Gasteiger charge is -2.19. The highest BCUT2D eigenvalue weighted by Crippen LogP contribution is 2.37. The van der Waals surface area contributed by atoms with Crippen molar-refractivity contribution in [3.8, 4) is 23.3 Å². The second kappa shape index (κ2) is 7.40. The summed E-state index contributed by atoms with van der Waals surface area (Å²) in [6.07, 6.45) is 0. The standard InChI is InChI=1S/C17H13N3O6/c18-4-5-24-12-3-1-2-11(8-12)19-17(21)13-9-15-16(26-7-6-25-15)10-14(13)20(22)23/h1-3,8-10H,5-7H2,(H,19,21). The van der Waals surface area contributed by atoms with Gasteiger partial charge in [-0.25, -0.2) is 0 Å². The van der Waals surface area contributed by atoms with E-state index in [1.807, 2.05) is 6.07 Å². The fourth-order valence-corrected chi connectivity index (χ4v) is 2.39. The third-order valence-electron chi connectivity index (χ3n) is 3.50. The molecule has 0 saturated heterocycles. The largest absolute Gasteiger partial charge is 0.486 e. The molecule has 1 heterocycles. The third kappa shape index (κ3) is 3.64. The minimum atomic E-state index is -0.675. The van der Waals surface area contributed by atoms with E-state index in [1.54, 1.807) is 18.2 Å². The quantitative estimate of drug-likeness (QED) is 0.645. The first-order chi connectivity index (χ1) is 12.6. The summed E-state index contributed by atoms with van der Waals surface area (Å²) in [6, 6.07) is 10.7. The highest BCUT2D eigenvalue weighted by atomic mass is 16.6. The van der Waals surface area contributed by atoms with Crippen LogP contribution in [0.5, 0.6) is 17.2 Å². The highest BCUT2D eigenvalue weighted by molar-refractivity contribution is 6.07. The molecule has 132 valence electrons. The minimum Gasteiger partial charge on any atom is -0.486 e. The van der Waals surface area contributed by atoms with Gasteiger partial charge in [0.25, 0.3) is 11.6 Å². The average molecular weight is 355 g/mol. The number of nitriles is 1. The van der Waals surface area contributed by atoms with Gasteiger partial charge in [-0.15, -0.1) is 0 Å². The van der Waals surface area contributed by atoms with E-state index < -0.39 is 10.8 Å². The number of nitro groups is 1. The molecule has 0 radical (unpaired) electrons. The highest BCUT2D eigenvalue weighted by Gasteiger charge is 2.26. The number of amides is 1. The molecule has 26 heavy (non-hydrogen) atoms. The van der Waals surface area contributed by atoms with Gasteiger partial charge in [0.1, 0.15) is 30.6 Å². The molecule has 0 unspecified atom stereocenters. The Morgan fingerprint density at radius 2 is 2.00 bits per heavy atom. The number of carbonyl (C=O) groups is 1. The van der Waals surface area contributed by atoms with Crippen LogP contribution in [0.4, 0.5) is 11.4 Å². The summed E-state index contributed by atoms with van der Waals surface area (Å²) in [5.74, 6) is 0.219. The summed E-state index contributed by atoms with van der Waals surface area (Å²) in [4.78, 5) is 23.2. The van der Waals surface area contributed by atoms with E-state index >= 15 is 0 Å². The zero-order valence-corrected chi connectivity index (χ0v) is 13.4. The van der Waals surface area contributed by atoms with Crippen LogP contribution in [0.2, 0.25) is 0 Å². The van der Waals surface area contributed by atoms with Crippen molar-refractivity contribution in [2.45, 2.75) is 0 Å². The van der Waals surface area contributed by atoms with Gasteiger partial charge in [0.2, 0.25) is 0 Å². The summed E-state index contributed by atoms with van der Waals surface area (Å²) in [7, 11) is 0. The predicted molar refractivity (Wildman–Crippen MR) is 89.6 cm³/mol. The zero-order chi connectivity index (χ0) is 18.5. The monoisotopic (exact) mass is 355 g/mol. The van der Waals surface area contributed by atoms with Crippen molar-refractivity contribution in [2.24, 2.45) is 0 Å². The maximum Gasteiger partial charge on any atom is 0.286 e. The van der Waals surface area contributed by atoms with E-state index in [4.69, 9.17) is 19.5 Å².